The van der Waals surface area contributed by atoms with Crippen molar-refractivity contribution < 1.29 is 4.74 Å². The fourth-order valence-electron chi connectivity index (χ4n) is 15.2. The van der Waals surface area contributed by atoms with Gasteiger partial charge in [-0.1, -0.05) is 271 Å². The Balaban J connectivity index is 1.02. The quantitative estimate of drug-likeness (QED) is 0.170. The van der Waals surface area contributed by atoms with Crippen molar-refractivity contribution in [1.29, 1.82) is 0 Å². The Morgan fingerprint density at radius 2 is 0.640 bits per heavy atom. The number of benzene rings is 11. The molecular formula is C84H75NO. The van der Waals surface area contributed by atoms with Crippen LogP contribution in [0.3, 0.4) is 0 Å². The van der Waals surface area contributed by atoms with Crippen LogP contribution in [0.4, 0.5) is 17.1 Å². The number of hydrogen-bond acceptors (Lipinski definition) is 2. The molecule has 86 heavy (non-hydrogen) atoms. The number of rotatable bonds is 5. The average molecular weight is 1110 g/mol. The first kappa shape index (κ1) is 53.7. The molecule has 422 valence electrons. The van der Waals surface area contributed by atoms with E-state index < -0.39 is 10.8 Å². The molecule has 11 aromatic carbocycles. The molecule has 0 atom stereocenters. The average Bonchev–Trinajstić information content (AvgIpc) is 1.50. The van der Waals surface area contributed by atoms with Crippen LogP contribution < -0.4 is 9.64 Å². The lowest BCUT2D eigenvalue weighted by Crippen LogP contribution is -2.33. The fourth-order valence-corrected chi connectivity index (χ4v) is 15.2. The zero-order valence-corrected chi connectivity index (χ0v) is 51.9. The molecule has 0 aromatic heterocycles. The zero-order chi connectivity index (χ0) is 59.5. The number of para-hydroxylation sites is 2. The van der Waals surface area contributed by atoms with Crippen molar-refractivity contribution in [3.8, 4) is 67.1 Å². The van der Waals surface area contributed by atoms with Crippen LogP contribution in [0.2, 0.25) is 0 Å². The lowest BCUT2D eigenvalue weighted by Gasteiger charge is -2.41. The molecule has 0 amide bonds. The monoisotopic (exact) mass is 1110 g/mol. The minimum atomic E-state index is -0.682. The van der Waals surface area contributed by atoms with Crippen molar-refractivity contribution in [3.63, 3.8) is 0 Å². The van der Waals surface area contributed by atoms with E-state index in [0.29, 0.717) is 0 Å². The molecule has 1 heterocycles. The Morgan fingerprint density at radius 1 is 0.267 bits per heavy atom. The van der Waals surface area contributed by atoms with Gasteiger partial charge in [0.1, 0.15) is 11.5 Å². The first-order valence-electron chi connectivity index (χ1n) is 31.0. The lowest BCUT2D eigenvalue weighted by atomic mass is 9.64. The molecule has 3 aliphatic carbocycles. The molecule has 1 aliphatic heterocycles. The summed E-state index contributed by atoms with van der Waals surface area (Å²) < 4.78 is 7.10. The van der Waals surface area contributed by atoms with Gasteiger partial charge in [0.05, 0.1) is 22.2 Å². The van der Waals surface area contributed by atoms with Gasteiger partial charge in [0.15, 0.2) is 0 Å². The zero-order valence-electron chi connectivity index (χ0n) is 51.9. The van der Waals surface area contributed by atoms with E-state index in [0.717, 1.165) is 45.3 Å². The molecule has 4 aliphatic rings. The molecule has 0 radical (unpaired) electrons. The van der Waals surface area contributed by atoms with E-state index in [1.807, 2.05) is 0 Å². The Bertz CT molecular complexity index is 4470. The number of anilines is 3. The van der Waals surface area contributed by atoms with Crippen LogP contribution in [0.5, 0.6) is 11.5 Å². The second kappa shape index (κ2) is 18.8. The maximum absolute atomic E-state index is 7.10. The number of nitrogens with zero attached hydrogens (tertiary/aromatic N) is 1. The topological polar surface area (TPSA) is 12.5 Å². The molecule has 2 heteroatoms. The van der Waals surface area contributed by atoms with Gasteiger partial charge in [-0.3, -0.25) is 0 Å². The van der Waals surface area contributed by atoms with Crippen molar-refractivity contribution in [1.82, 2.24) is 0 Å². The van der Waals surface area contributed by atoms with Gasteiger partial charge in [-0.15, -0.1) is 0 Å². The maximum Gasteiger partial charge on any atom is 0.132 e. The highest BCUT2D eigenvalue weighted by Crippen LogP contribution is 2.67. The van der Waals surface area contributed by atoms with Crippen LogP contribution in [0, 0.1) is 0 Å². The second-order valence-corrected chi connectivity index (χ2v) is 28.8. The van der Waals surface area contributed by atoms with E-state index in [1.165, 1.54) is 106 Å². The molecule has 0 fully saturated rings. The summed E-state index contributed by atoms with van der Waals surface area (Å²) in [6.45, 7) is 28.0. The highest BCUT2D eigenvalue weighted by Gasteiger charge is 2.54. The standard InChI is InChI=1S/C84H75NO/c1-79(2,3)53-37-42-60-61-43-38-54(80(4,5)6)48-70(61)84(69(60)47-53)66-32-20-16-28-59(66)62-44-41-57(51-71(62)84)85(74-35-22-18-27-58(74)52-25-14-13-15-26-52)75-36-23-19-29-63(75)64-31-24-34-68-78(64)65-30-17-21-33-67(65)83(68)72-49-55(81(7,8)9)39-45-76(72)86-77-46-40-56(50-73(77)83)82(10,11)12/h13-51H,1-12H3. The predicted molar refractivity (Wildman–Crippen MR) is 360 cm³/mol. The largest absolute Gasteiger partial charge is 0.457 e. The van der Waals surface area contributed by atoms with Gasteiger partial charge >= 0.3 is 0 Å². The summed E-state index contributed by atoms with van der Waals surface area (Å²) in [4.78, 5) is 2.59. The van der Waals surface area contributed by atoms with Gasteiger partial charge in [-0.25, -0.2) is 0 Å². The molecule has 0 N–H and O–H groups in total. The molecule has 0 saturated heterocycles. The minimum Gasteiger partial charge on any atom is -0.457 e. The molecule has 0 bridgehead atoms. The Hall–Kier alpha value is -8.98. The summed E-state index contributed by atoms with van der Waals surface area (Å²) in [7, 11) is 0. The Labute approximate surface area is 509 Å². The predicted octanol–water partition coefficient (Wildman–Crippen LogP) is 22.5. The summed E-state index contributed by atoms with van der Waals surface area (Å²) in [5.41, 5.74) is 29.6. The van der Waals surface area contributed by atoms with Crippen molar-refractivity contribution >= 4 is 17.1 Å². The highest BCUT2D eigenvalue weighted by molar-refractivity contribution is 6.03. The first-order valence-corrected chi connectivity index (χ1v) is 31.0. The highest BCUT2D eigenvalue weighted by atomic mass is 16.5. The summed E-state index contributed by atoms with van der Waals surface area (Å²) in [6, 6.07) is 90.9. The normalized spacial score (nSPS) is 14.6. The fraction of sp³-hybridized carbons (Fsp3) is 0.214. The first-order chi connectivity index (χ1) is 41.2. The van der Waals surface area contributed by atoms with E-state index in [-0.39, 0.29) is 21.7 Å². The van der Waals surface area contributed by atoms with E-state index in [2.05, 4.69) is 325 Å². The number of hydrogen-bond donors (Lipinski definition) is 0. The molecular weight excluding hydrogens is 1040 g/mol. The molecule has 11 aromatic rings. The maximum atomic E-state index is 7.10. The molecule has 0 unspecified atom stereocenters. The van der Waals surface area contributed by atoms with Crippen molar-refractivity contribution in [2.45, 2.75) is 116 Å². The van der Waals surface area contributed by atoms with Crippen LogP contribution in [0.25, 0.3) is 55.6 Å². The van der Waals surface area contributed by atoms with Gasteiger partial charge in [0.2, 0.25) is 0 Å². The van der Waals surface area contributed by atoms with Crippen LogP contribution >= 0.6 is 0 Å². The van der Waals surface area contributed by atoms with E-state index in [1.54, 1.807) is 0 Å². The third-order valence-corrected chi connectivity index (χ3v) is 19.6. The van der Waals surface area contributed by atoms with E-state index in [9.17, 15) is 0 Å². The molecule has 2 spiro atoms. The summed E-state index contributed by atoms with van der Waals surface area (Å²) >= 11 is 0. The van der Waals surface area contributed by atoms with Crippen molar-refractivity contribution in [2.75, 3.05) is 4.90 Å². The van der Waals surface area contributed by atoms with Gasteiger partial charge < -0.3 is 9.64 Å². The van der Waals surface area contributed by atoms with Gasteiger partial charge in [0.25, 0.3) is 0 Å². The molecule has 15 rings (SSSR count). The Morgan fingerprint density at radius 3 is 1.19 bits per heavy atom. The van der Waals surface area contributed by atoms with Crippen LogP contribution in [0.1, 0.15) is 150 Å². The number of ether oxygens (including phenoxy) is 1. The van der Waals surface area contributed by atoms with Crippen LogP contribution in [-0.2, 0) is 32.5 Å². The molecule has 0 saturated carbocycles. The minimum absolute atomic E-state index is 0.0634. The van der Waals surface area contributed by atoms with Gasteiger partial charge in [-0.2, -0.15) is 0 Å². The number of fused-ring (bicyclic) bond motifs is 19. The Kier molecular flexibility index (Phi) is 11.7. The second-order valence-electron chi connectivity index (χ2n) is 28.8. The van der Waals surface area contributed by atoms with E-state index >= 15 is 0 Å². The summed E-state index contributed by atoms with van der Waals surface area (Å²) in [5.74, 6) is 1.80. The smallest absolute Gasteiger partial charge is 0.132 e. The SMILES string of the molecule is CC(C)(C)c1ccc2c(c1)C1(c3cc(C(C)(C)C)ccc3O2)c2ccccc2-c2c(-c3ccccc3N(c3ccc4c(c3)C3(c5ccccc5-4)c4cc(C(C)(C)C)ccc4-c4ccc(C(C)(C)C)cc43)c3ccccc3-c3ccccc3)cccc21. The van der Waals surface area contributed by atoms with Crippen LogP contribution in [0.15, 0.2) is 237 Å². The third-order valence-electron chi connectivity index (χ3n) is 19.6. The summed E-state index contributed by atoms with van der Waals surface area (Å²) in [6.07, 6.45) is 0. The third kappa shape index (κ3) is 7.77. The van der Waals surface area contributed by atoms with Gasteiger partial charge in [-0.05, 0) is 170 Å². The van der Waals surface area contributed by atoms with E-state index in [4.69, 9.17) is 4.74 Å². The summed E-state index contributed by atoms with van der Waals surface area (Å²) in [5, 5.41) is 0. The van der Waals surface area contributed by atoms with Gasteiger partial charge in [0, 0.05) is 27.9 Å². The van der Waals surface area contributed by atoms with Crippen LogP contribution in [-0.4, -0.2) is 0 Å². The van der Waals surface area contributed by atoms with Crippen molar-refractivity contribution in [3.05, 3.63) is 303 Å². The molecule has 2 nitrogen and oxygen atoms in total. The lowest BCUT2D eigenvalue weighted by molar-refractivity contribution is 0.433. The van der Waals surface area contributed by atoms with Crippen molar-refractivity contribution in [2.24, 2.45) is 0 Å².